The molecule has 0 bridgehead atoms. The molecule has 0 radical (unpaired) electrons. The molecule has 0 aromatic rings. The van der Waals surface area contributed by atoms with E-state index in [0.717, 1.165) is 6.92 Å². The van der Waals surface area contributed by atoms with E-state index in [1.165, 1.54) is 4.90 Å². The van der Waals surface area contributed by atoms with E-state index in [-0.39, 0.29) is 127 Å². The predicted molar refractivity (Wildman–Crippen MR) is 249 cm³/mol. The minimum atomic E-state index is -1.57. The van der Waals surface area contributed by atoms with Gasteiger partial charge < -0.3 is 61.8 Å². The largest absolute Gasteiger partial charge is 0.481 e. The van der Waals surface area contributed by atoms with Gasteiger partial charge >= 0.3 is 11.9 Å². The number of aliphatic hydroxyl groups is 5. The molecule has 2 aliphatic heterocycles. The number of carboxylic acid groups (broad SMARTS) is 1. The van der Waals surface area contributed by atoms with Gasteiger partial charge in [0.05, 0.1) is 25.7 Å². The van der Waals surface area contributed by atoms with Crippen LogP contribution in [0.1, 0.15) is 124 Å². The molecule has 0 aromatic carbocycles. The Hall–Kier alpha value is -5.48. The number of amides is 2. The van der Waals surface area contributed by atoms with Gasteiger partial charge in [0.2, 0.25) is 11.8 Å². The smallest absolute Gasteiger partial charge is 0.303 e. The molecule has 26 nitrogen and oxygen atoms in total. The van der Waals surface area contributed by atoms with Crippen molar-refractivity contribution < 1.29 is 97.7 Å². The molecule has 2 fully saturated rings. The Bertz CT molecular complexity index is 1890. The number of likely N-dealkylation sites (tertiary alicyclic amines) is 1. The summed E-state index contributed by atoms with van der Waals surface area (Å²) in [5, 5.41) is 58.4. The summed E-state index contributed by atoms with van der Waals surface area (Å²) in [5.74, 6) is -3.22. The summed E-state index contributed by atoms with van der Waals surface area (Å²) in [6, 6.07) is -1.93. The molecule has 408 valence electrons. The molecule has 2 aliphatic rings. The van der Waals surface area contributed by atoms with E-state index in [0.29, 0.717) is 19.3 Å². The molecule has 0 aliphatic carbocycles. The lowest BCUT2D eigenvalue weighted by Crippen LogP contribution is -2.59. The van der Waals surface area contributed by atoms with Crippen molar-refractivity contribution in [3.05, 3.63) is 0 Å². The highest BCUT2D eigenvalue weighted by Gasteiger charge is 2.45. The molecule has 2 amide bonds. The second-order valence-corrected chi connectivity index (χ2v) is 18.0. The standard InChI is InChI=1S/C38H60N6O13.C8H14O7/c1-23(2)29(32(50)14-16-36(54)55)20-34(52)24(21-45)19-27(48)9-7-25(46)11-13-33(51)30(5-3-17-42-38(39)40)43-37(56)31-6-4-18-44(31)35(53)15-12-26(47)8-10-28(49)22-57-41;1-3(10)14-7-6(12)5(11)4(2-9)15-8(7)13/h23-24,29-31,45H,3-22,41H2,1-2H3,(H,43,56)(H,54,55)(H4,39,40,42);4-9,11-13H,2H2,1H3. The molecule has 0 spiro atoms. The van der Waals surface area contributed by atoms with E-state index in [4.69, 9.17) is 32.3 Å². The lowest BCUT2D eigenvalue weighted by Gasteiger charge is -2.39. The highest BCUT2D eigenvalue weighted by molar-refractivity contribution is 5.96. The van der Waals surface area contributed by atoms with E-state index in [2.05, 4.69) is 19.9 Å². The molecule has 26 heteroatoms. The molecule has 9 atom stereocenters. The van der Waals surface area contributed by atoms with Gasteiger partial charge in [0.1, 0.15) is 59.9 Å². The molecule has 72 heavy (non-hydrogen) atoms. The van der Waals surface area contributed by atoms with Crippen LogP contribution in [0.25, 0.3) is 0 Å². The quantitative estimate of drug-likeness (QED) is 0.0104. The van der Waals surface area contributed by atoms with Crippen LogP contribution < -0.4 is 22.7 Å². The summed E-state index contributed by atoms with van der Waals surface area (Å²) in [7, 11) is 0. The van der Waals surface area contributed by atoms with Crippen LogP contribution in [0.3, 0.4) is 0 Å². The summed E-state index contributed by atoms with van der Waals surface area (Å²) >= 11 is 0. The Morgan fingerprint density at radius 3 is 1.90 bits per heavy atom. The first-order chi connectivity index (χ1) is 33.9. The van der Waals surface area contributed by atoms with Crippen molar-refractivity contribution in [3.8, 4) is 0 Å². The molecule has 2 heterocycles. The van der Waals surface area contributed by atoms with Gasteiger partial charge in [-0.15, -0.1) is 0 Å². The van der Waals surface area contributed by atoms with E-state index < -0.39 is 121 Å². The van der Waals surface area contributed by atoms with Gasteiger partial charge in [0.15, 0.2) is 29.9 Å². The monoisotopic (exact) mass is 1030 g/mol. The van der Waals surface area contributed by atoms with Crippen molar-refractivity contribution >= 4 is 70.2 Å². The first-order valence-electron chi connectivity index (χ1n) is 23.8. The average molecular weight is 1030 g/mol. The number of aliphatic carboxylic acids is 1. The fourth-order valence-corrected chi connectivity index (χ4v) is 7.79. The fourth-order valence-electron chi connectivity index (χ4n) is 7.79. The topological polar surface area (TPSA) is 443 Å². The zero-order valence-electron chi connectivity index (χ0n) is 41.1. The fraction of sp³-hybridized carbons (Fsp3) is 0.739. The summed E-state index contributed by atoms with van der Waals surface area (Å²) in [6.07, 6.45) is -8.30. The predicted octanol–water partition coefficient (Wildman–Crippen LogP) is -2.61. The van der Waals surface area contributed by atoms with E-state index in [1.807, 2.05) is 0 Å². The third-order valence-corrected chi connectivity index (χ3v) is 11.9. The number of carbonyl (C=O) groups excluding carboxylic acids is 10. The molecule has 9 unspecified atom stereocenters. The van der Waals surface area contributed by atoms with Gasteiger partial charge in [-0.25, -0.2) is 5.90 Å². The van der Waals surface area contributed by atoms with Gasteiger partial charge in [-0.3, -0.25) is 62.6 Å². The number of guanidine groups is 1. The number of aliphatic hydroxyl groups excluding tert-OH is 5. The minimum Gasteiger partial charge on any atom is -0.481 e. The zero-order valence-corrected chi connectivity index (χ0v) is 41.1. The lowest BCUT2D eigenvalue weighted by molar-refractivity contribution is -0.290. The Morgan fingerprint density at radius 2 is 1.35 bits per heavy atom. The Kier molecular flexibility index (Phi) is 30.5. The normalized spacial score (nSPS) is 20.7. The number of carbonyl (C=O) groups is 11. The third kappa shape index (κ3) is 24.3. The summed E-state index contributed by atoms with van der Waals surface area (Å²) in [5.41, 5.74) is 10.8. The number of nitrogens with two attached hydrogens (primary N) is 3. The van der Waals surface area contributed by atoms with Crippen molar-refractivity contribution in [1.29, 1.82) is 0 Å². The van der Waals surface area contributed by atoms with Crippen molar-refractivity contribution in [1.82, 2.24) is 10.2 Å². The molecule has 2 rings (SSSR count). The number of rotatable bonds is 34. The molecule has 13 N–H and O–H groups in total. The van der Waals surface area contributed by atoms with Gasteiger partial charge in [0.25, 0.3) is 0 Å². The summed E-state index contributed by atoms with van der Waals surface area (Å²) < 4.78 is 9.32. The number of hydrogen-bond donors (Lipinski definition) is 10. The van der Waals surface area contributed by atoms with Crippen LogP contribution in [0.2, 0.25) is 0 Å². The molecular formula is C46H74N6O20. The maximum absolute atomic E-state index is 13.4. The van der Waals surface area contributed by atoms with Gasteiger partial charge in [-0.2, -0.15) is 0 Å². The second kappa shape index (κ2) is 34.0. The number of ketones is 7. The van der Waals surface area contributed by atoms with Crippen LogP contribution >= 0.6 is 0 Å². The first-order valence-corrected chi connectivity index (χ1v) is 23.8. The van der Waals surface area contributed by atoms with Crippen LogP contribution in [0.15, 0.2) is 4.99 Å². The number of aliphatic imine (C=N–C) groups is 1. The first kappa shape index (κ1) is 64.5. The zero-order chi connectivity index (χ0) is 54.7. The number of nitrogens with zero attached hydrogens (tertiary/aromatic N) is 2. The number of carboxylic acids is 1. The van der Waals surface area contributed by atoms with Crippen molar-refractivity contribution in [2.75, 3.05) is 32.9 Å². The average Bonchev–Trinajstić information content (AvgIpc) is 3.83. The number of esters is 1. The van der Waals surface area contributed by atoms with Gasteiger partial charge in [-0.05, 0) is 31.6 Å². The van der Waals surface area contributed by atoms with Crippen molar-refractivity contribution in [3.63, 3.8) is 0 Å². The van der Waals surface area contributed by atoms with Crippen molar-refractivity contribution in [2.24, 2.45) is 40.1 Å². The van der Waals surface area contributed by atoms with E-state index in [1.54, 1.807) is 13.8 Å². The Balaban J connectivity index is 0.00000146. The molecule has 0 aromatic heterocycles. The van der Waals surface area contributed by atoms with Crippen LogP contribution in [-0.2, 0) is 67.1 Å². The minimum absolute atomic E-state index is 0.0702. The number of hydrogen-bond acceptors (Lipinski definition) is 21. The van der Waals surface area contributed by atoms with E-state index in [9.17, 15) is 73.2 Å². The molecule has 0 saturated carbocycles. The van der Waals surface area contributed by atoms with Gasteiger partial charge in [0, 0.05) is 102 Å². The highest BCUT2D eigenvalue weighted by Crippen LogP contribution is 2.25. The molecular weight excluding hydrogens is 957 g/mol. The number of ether oxygens (including phenoxy) is 2. The van der Waals surface area contributed by atoms with Crippen LogP contribution in [-0.4, -0.2) is 181 Å². The van der Waals surface area contributed by atoms with Gasteiger partial charge in [-0.1, -0.05) is 13.8 Å². The SMILES string of the molecule is CC(=O)OC1C(O)OC(CO)C(O)C1O.CC(C)C(CC(=O)C(CO)CC(=O)CCC(=O)CCC(=O)C(CCCN=C(N)N)NC(=O)C1CCCN1C(=O)CCC(=O)CCC(=O)CON)C(=O)CCC(=O)O. The highest BCUT2D eigenvalue weighted by atomic mass is 16.7. The van der Waals surface area contributed by atoms with Crippen LogP contribution in [0.4, 0.5) is 0 Å². The van der Waals surface area contributed by atoms with Crippen LogP contribution in [0, 0.1) is 17.8 Å². The molecule has 2 saturated heterocycles. The maximum atomic E-state index is 13.4. The summed E-state index contributed by atoms with van der Waals surface area (Å²) in [6.45, 7) is 3.43. The maximum Gasteiger partial charge on any atom is 0.303 e. The van der Waals surface area contributed by atoms with E-state index >= 15 is 0 Å². The Morgan fingerprint density at radius 1 is 0.764 bits per heavy atom. The summed E-state index contributed by atoms with van der Waals surface area (Å²) in [4.78, 5) is 145. The Labute approximate surface area is 416 Å². The number of nitrogens with one attached hydrogen (secondary N) is 1. The second-order valence-electron chi connectivity index (χ2n) is 18.0. The number of Topliss-reactive ketones (excluding diaryl/α,β-unsaturated/α-hetero) is 7. The third-order valence-electron chi connectivity index (χ3n) is 11.9. The lowest BCUT2D eigenvalue weighted by atomic mass is 9.82. The van der Waals surface area contributed by atoms with Crippen molar-refractivity contribution in [2.45, 2.75) is 166 Å². The van der Waals surface area contributed by atoms with Crippen LogP contribution in [0.5, 0.6) is 0 Å².